The molecule has 0 aliphatic carbocycles. The predicted octanol–water partition coefficient (Wildman–Crippen LogP) is 7.33. The van der Waals surface area contributed by atoms with E-state index in [2.05, 4.69) is 0 Å². The Balaban J connectivity index is 1.99. The second-order valence-electron chi connectivity index (χ2n) is 7.65. The van der Waals surface area contributed by atoms with E-state index in [4.69, 9.17) is 4.74 Å². The molecule has 0 atom stereocenters. The third-order valence-corrected chi connectivity index (χ3v) is 5.36. The van der Waals surface area contributed by atoms with E-state index in [0.717, 1.165) is 33.4 Å². The minimum absolute atomic E-state index is 0.0701. The summed E-state index contributed by atoms with van der Waals surface area (Å²) >= 11 is 0. The van der Waals surface area contributed by atoms with Crippen LogP contribution < -0.4 is 4.74 Å². The molecule has 0 saturated heterocycles. The van der Waals surface area contributed by atoms with Crippen LogP contribution in [0.15, 0.2) is 48.5 Å². The number of rotatable bonds is 4. The van der Waals surface area contributed by atoms with E-state index in [0.29, 0.717) is 11.1 Å². The lowest BCUT2D eigenvalue weighted by molar-refractivity contribution is -0.186. The van der Waals surface area contributed by atoms with Crippen molar-refractivity contribution in [1.82, 2.24) is 0 Å². The average molecular weight is 380 g/mol. The lowest BCUT2D eigenvalue weighted by atomic mass is 9.94. The van der Waals surface area contributed by atoms with Gasteiger partial charge in [-0.15, -0.1) is 0 Å². The van der Waals surface area contributed by atoms with E-state index >= 15 is 8.78 Å². The summed E-state index contributed by atoms with van der Waals surface area (Å²) in [5, 5.41) is 0. The fraction of sp³-hybridized carbons (Fsp3) is 0.280. The fourth-order valence-corrected chi connectivity index (χ4v) is 3.59. The van der Waals surface area contributed by atoms with E-state index < -0.39 is 6.11 Å². The summed E-state index contributed by atoms with van der Waals surface area (Å²) in [5.41, 5.74) is 7.03. The molecule has 0 amide bonds. The summed E-state index contributed by atoms with van der Waals surface area (Å²) in [6, 6.07) is 15.0. The Morgan fingerprint density at radius 1 is 0.643 bits per heavy atom. The van der Waals surface area contributed by atoms with Crippen LogP contribution in [-0.2, 0) is 6.11 Å². The Kier molecular flexibility index (Phi) is 5.29. The van der Waals surface area contributed by atoms with Gasteiger partial charge in [0.25, 0.3) is 0 Å². The highest BCUT2D eigenvalue weighted by Crippen LogP contribution is 2.38. The Morgan fingerprint density at radius 3 is 1.64 bits per heavy atom. The first-order valence-corrected chi connectivity index (χ1v) is 9.42. The second-order valence-corrected chi connectivity index (χ2v) is 7.65. The van der Waals surface area contributed by atoms with Gasteiger partial charge in [-0.2, -0.15) is 8.78 Å². The van der Waals surface area contributed by atoms with Crippen LogP contribution in [0.4, 0.5) is 8.78 Å². The van der Waals surface area contributed by atoms with Crippen LogP contribution in [0.2, 0.25) is 0 Å². The van der Waals surface area contributed by atoms with Crippen molar-refractivity contribution >= 4 is 0 Å². The summed E-state index contributed by atoms with van der Waals surface area (Å²) in [7, 11) is 0. The number of aryl methyl sites for hydroxylation is 5. The predicted molar refractivity (Wildman–Crippen MR) is 111 cm³/mol. The van der Waals surface area contributed by atoms with Crippen molar-refractivity contribution in [2.24, 2.45) is 0 Å². The van der Waals surface area contributed by atoms with Gasteiger partial charge in [-0.1, -0.05) is 42.0 Å². The zero-order valence-electron chi connectivity index (χ0n) is 17.3. The highest BCUT2D eigenvalue weighted by atomic mass is 19.3. The molecule has 0 fully saturated rings. The second kappa shape index (κ2) is 7.38. The van der Waals surface area contributed by atoms with Gasteiger partial charge >= 0.3 is 6.11 Å². The van der Waals surface area contributed by atoms with Gasteiger partial charge < -0.3 is 4.74 Å². The number of benzene rings is 3. The minimum Gasteiger partial charge on any atom is -0.429 e. The molecule has 0 N–H and O–H groups in total. The standard InChI is InChI=1S/C25H26F2O/c1-15-7-9-21(10-8-15)22-11-18(4)24(19(5)12-22)25(26,27)28-23-13-16(2)20(6)17(3)14-23/h7-14H,1-6H3. The van der Waals surface area contributed by atoms with Crippen LogP contribution in [0.1, 0.15) is 38.9 Å². The van der Waals surface area contributed by atoms with Crippen LogP contribution in [0.3, 0.4) is 0 Å². The molecule has 0 spiro atoms. The van der Waals surface area contributed by atoms with E-state index in [1.807, 2.05) is 52.0 Å². The fourth-order valence-electron chi connectivity index (χ4n) is 3.59. The van der Waals surface area contributed by atoms with Crippen molar-refractivity contribution in [3.63, 3.8) is 0 Å². The van der Waals surface area contributed by atoms with Crippen molar-refractivity contribution in [2.45, 2.75) is 47.7 Å². The monoisotopic (exact) mass is 380 g/mol. The summed E-state index contributed by atoms with van der Waals surface area (Å²) < 4.78 is 35.4. The SMILES string of the molecule is Cc1ccc(-c2cc(C)c(C(F)(F)Oc3cc(C)c(C)c(C)c3)c(C)c2)cc1. The van der Waals surface area contributed by atoms with Crippen LogP contribution in [0.25, 0.3) is 11.1 Å². The van der Waals surface area contributed by atoms with Gasteiger partial charge in [0, 0.05) is 0 Å². The third-order valence-electron chi connectivity index (χ3n) is 5.36. The van der Waals surface area contributed by atoms with E-state index in [-0.39, 0.29) is 11.3 Å². The summed E-state index contributed by atoms with van der Waals surface area (Å²) in [6.07, 6.45) is -3.41. The summed E-state index contributed by atoms with van der Waals surface area (Å²) in [6.45, 7) is 11.2. The molecular formula is C25H26F2O. The molecule has 3 rings (SSSR count). The van der Waals surface area contributed by atoms with Gasteiger partial charge in [-0.25, -0.2) is 0 Å². The summed E-state index contributed by atoms with van der Waals surface area (Å²) in [4.78, 5) is 0. The minimum atomic E-state index is -3.41. The molecule has 0 bridgehead atoms. The highest BCUT2D eigenvalue weighted by Gasteiger charge is 2.38. The first-order valence-electron chi connectivity index (χ1n) is 9.42. The van der Waals surface area contributed by atoms with E-state index in [9.17, 15) is 0 Å². The Labute approximate surface area is 166 Å². The molecule has 0 radical (unpaired) electrons. The molecule has 0 aliphatic rings. The molecule has 0 aromatic heterocycles. The molecule has 0 unspecified atom stereocenters. The number of halogens is 2. The third kappa shape index (κ3) is 3.94. The molecule has 3 heteroatoms. The zero-order valence-corrected chi connectivity index (χ0v) is 17.3. The molecular weight excluding hydrogens is 354 g/mol. The van der Waals surface area contributed by atoms with Crippen molar-refractivity contribution in [3.05, 3.63) is 87.5 Å². The maximum Gasteiger partial charge on any atom is 0.427 e. The maximum atomic E-state index is 15.1. The van der Waals surface area contributed by atoms with Crippen LogP contribution >= 0.6 is 0 Å². The van der Waals surface area contributed by atoms with Gasteiger partial charge in [-0.3, -0.25) is 0 Å². The number of hydrogen-bond donors (Lipinski definition) is 0. The molecule has 3 aromatic carbocycles. The Hall–Kier alpha value is -2.68. The first-order chi connectivity index (χ1) is 13.1. The normalized spacial score (nSPS) is 11.6. The topological polar surface area (TPSA) is 9.23 Å². The Bertz CT molecular complexity index is 971. The van der Waals surface area contributed by atoms with Crippen LogP contribution in [0, 0.1) is 41.5 Å². The molecule has 0 aliphatic heterocycles. The largest absolute Gasteiger partial charge is 0.429 e. The molecule has 3 aromatic rings. The van der Waals surface area contributed by atoms with Gasteiger partial charge in [0.1, 0.15) is 5.75 Å². The van der Waals surface area contributed by atoms with Crippen molar-refractivity contribution in [2.75, 3.05) is 0 Å². The molecule has 0 heterocycles. The number of ether oxygens (including phenoxy) is 1. The number of hydrogen-bond acceptors (Lipinski definition) is 1. The lowest BCUT2D eigenvalue weighted by Gasteiger charge is -2.23. The van der Waals surface area contributed by atoms with Gasteiger partial charge in [0.2, 0.25) is 0 Å². The van der Waals surface area contributed by atoms with Crippen LogP contribution in [-0.4, -0.2) is 0 Å². The molecule has 1 nitrogen and oxygen atoms in total. The smallest absolute Gasteiger partial charge is 0.427 e. The van der Waals surface area contributed by atoms with Gasteiger partial charge in [0.15, 0.2) is 0 Å². The zero-order chi connectivity index (χ0) is 20.6. The van der Waals surface area contributed by atoms with Crippen molar-refractivity contribution in [1.29, 1.82) is 0 Å². The van der Waals surface area contributed by atoms with E-state index in [1.165, 1.54) is 0 Å². The molecule has 146 valence electrons. The maximum absolute atomic E-state index is 15.1. The Morgan fingerprint density at radius 2 is 1.14 bits per heavy atom. The average Bonchev–Trinajstić information content (AvgIpc) is 2.59. The van der Waals surface area contributed by atoms with Crippen molar-refractivity contribution in [3.8, 4) is 16.9 Å². The van der Waals surface area contributed by atoms with Crippen LogP contribution in [0.5, 0.6) is 5.75 Å². The van der Waals surface area contributed by atoms with Crippen molar-refractivity contribution < 1.29 is 13.5 Å². The molecule has 28 heavy (non-hydrogen) atoms. The lowest BCUT2D eigenvalue weighted by Crippen LogP contribution is -2.24. The quantitative estimate of drug-likeness (QED) is 0.460. The van der Waals surface area contributed by atoms with E-state index in [1.54, 1.807) is 38.1 Å². The molecule has 0 saturated carbocycles. The van der Waals surface area contributed by atoms with Gasteiger partial charge in [0.05, 0.1) is 5.56 Å². The highest BCUT2D eigenvalue weighted by molar-refractivity contribution is 5.66. The number of alkyl halides is 2. The van der Waals surface area contributed by atoms with Gasteiger partial charge in [-0.05, 0) is 92.6 Å². The summed E-state index contributed by atoms with van der Waals surface area (Å²) in [5.74, 6) is 0.187. The first kappa shape index (κ1) is 20.1.